The molecule has 0 spiro atoms. The molecule has 0 saturated carbocycles. The van der Waals surface area contributed by atoms with Crippen molar-refractivity contribution in [3.05, 3.63) is 70.5 Å². The summed E-state index contributed by atoms with van der Waals surface area (Å²) in [6.07, 6.45) is 1.75. The first-order valence-corrected chi connectivity index (χ1v) is 11.2. The van der Waals surface area contributed by atoms with E-state index in [-0.39, 0.29) is 17.2 Å². The number of thioether (sulfide) groups is 1. The number of hydrogen-bond acceptors (Lipinski definition) is 5. The lowest BCUT2D eigenvalue weighted by molar-refractivity contribution is -0.116. The highest BCUT2D eigenvalue weighted by Crippen LogP contribution is 2.37. The molecule has 156 valence electrons. The van der Waals surface area contributed by atoms with Gasteiger partial charge in [0, 0.05) is 12.1 Å². The molecule has 1 aromatic heterocycles. The summed E-state index contributed by atoms with van der Waals surface area (Å²) in [5.74, 6) is 0.815. The van der Waals surface area contributed by atoms with Crippen molar-refractivity contribution in [2.75, 3.05) is 10.7 Å². The molecule has 3 aromatic rings. The Morgan fingerprint density at radius 2 is 1.77 bits per heavy atom. The van der Waals surface area contributed by atoms with Gasteiger partial charge in [-0.25, -0.2) is 4.68 Å². The summed E-state index contributed by atoms with van der Waals surface area (Å²) < 4.78 is 1.92. The van der Waals surface area contributed by atoms with Crippen LogP contribution in [0.1, 0.15) is 48.0 Å². The fourth-order valence-electron chi connectivity index (χ4n) is 3.80. The molecule has 2 atom stereocenters. The van der Waals surface area contributed by atoms with Crippen LogP contribution < -0.4 is 10.7 Å². The molecular weight excluding hydrogens is 394 g/mol. The van der Waals surface area contributed by atoms with Crippen LogP contribution in [0.4, 0.5) is 5.69 Å². The average Bonchev–Trinajstić information content (AvgIpc) is 3.14. The molecule has 4 rings (SSSR count). The first-order valence-electron chi connectivity index (χ1n) is 10.3. The van der Waals surface area contributed by atoms with Crippen LogP contribution in [0.25, 0.3) is 0 Å². The third-order valence-corrected chi connectivity index (χ3v) is 6.53. The summed E-state index contributed by atoms with van der Waals surface area (Å²) in [6, 6.07) is 14.4. The molecule has 0 bridgehead atoms. The highest BCUT2D eigenvalue weighted by atomic mass is 32.2. The van der Waals surface area contributed by atoms with Gasteiger partial charge in [-0.1, -0.05) is 55.9 Å². The molecule has 2 heterocycles. The predicted molar refractivity (Wildman–Crippen MR) is 122 cm³/mol. The van der Waals surface area contributed by atoms with Gasteiger partial charge in [0.15, 0.2) is 5.82 Å². The lowest BCUT2D eigenvalue weighted by atomic mass is 10.0. The summed E-state index contributed by atoms with van der Waals surface area (Å²) in [5, 5.41) is 12.0. The highest BCUT2D eigenvalue weighted by Gasteiger charge is 2.37. The Morgan fingerprint density at radius 1 is 1.07 bits per heavy atom. The molecular formula is C23H27N5OS. The minimum Gasteiger partial charge on any atom is -0.325 e. The average molecular weight is 422 g/mol. The zero-order valence-corrected chi connectivity index (χ0v) is 18.6. The second-order valence-corrected chi connectivity index (χ2v) is 8.80. The van der Waals surface area contributed by atoms with Gasteiger partial charge in [0.2, 0.25) is 11.1 Å². The standard InChI is InChI=1S/C23H27N5OS/c1-5-16-7-9-17(10-8-16)20-21(30-23-26-25-19(6-2)28(23)27-20)22(29)24-18-12-14(3)11-15(4)13-18/h7-13,20-21,27H,5-6H2,1-4H3,(H,24,29). The molecule has 1 aliphatic heterocycles. The number of carbonyl (C=O) groups is 1. The molecule has 0 fully saturated rings. The zero-order chi connectivity index (χ0) is 21.3. The number of nitrogens with one attached hydrogen (secondary N) is 2. The molecule has 0 aliphatic carbocycles. The molecule has 30 heavy (non-hydrogen) atoms. The summed E-state index contributed by atoms with van der Waals surface area (Å²) >= 11 is 1.46. The van der Waals surface area contributed by atoms with Crippen LogP contribution >= 0.6 is 11.8 Å². The molecule has 0 saturated heterocycles. The van der Waals surface area contributed by atoms with Crippen LogP contribution in [0.15, 0.2) is 47.6 Å². The number of aryl methyl sites for hydroxylation is 4. The van der Waals surface area contributed by atoms with Gasteiger partial charge in [-0.05, 0) is 54.7 Å². The number of nitrogens with zero attached hydrogens (tertiary/aromatic N) is 3. The second kappa shape index (κ2) is 8.52. The molecule has 1 amide bonds. The first-order chi connectivity index (χ1) is 14.5. The van der Waals surface area contributed by atoms with Crippen molar-refractivity contribution in [1.29, 1.82) is 0 Å². The van der Waals surface area contributed by atoms with Crippen molar-refractivity contribution in [1.82, 2.24) is 14.9 Å². The van der Waals surface area contributed by atoms with E-state index in [1.54, 1.807) is 0 Å². The Morgan fingerprint density at radius 3 is 2.40 bits per heavy atom. The Kier molecular flexibility index (Phi) is 5.81. The minimum absolute atomic E-state index is 0.0469. The minimum atomic E-state index is -0.375. The number of rotatable bonds is 5. The Balaban J connectivity index is 1.67. The highest BCUT2D eigenvalue weighted by molar-refractivity contribution is 8.00. The number of hydrogen-bond donors (Lipinski definition) is 2. The maximum atomic E-state index is 13.4. The van der Waals surface area contributed by atoms with Crippen LogP contribution in [0, 0.1) is 13.8 Å². The van der Waals surface area contributed by atoms with E-state index in [1.807, 2.05) is 37.6 Å². The summed E-state index contributed by atoms with van der Waals surface area (Å²) in [6.45, 7) is 8.26. The molecule has 2 aromatic carbocycles. The number of anilines is 1. The SMILES string of the molecule is CCc1ccc(C2Nn3c(CC)nnc3SC2C(=O)Nc2cc(C)cc(C)c2)cc1. The van der Waals surface area contributed by atoms with Crippen molar-refractivity contribution in [3.8, 4) is 0 Å². The quantitative estimate of drug-likeness (QED) is 0.638. The van der Waals surface area contributed by atoms with Crippen molar-refractivity contribution in [2.24, 2.45) is 0 Å². The van der Waals surface area contributed by atoms with Gasteiger partial charge in [0.25, 0.3) is 0 Å². The van der Waals surface area contributed by atoms with Crippen molar-refractivity contribution >= 4 is 23.4 Å². The van der Waals surface area contributed by atoms with Crippen LogP contribution in [0.3, 0.4) is 0 Å². The Hall–Kier alpha value is -2.80. The van der Waals surface area contributed by atoms with Gasteiger partial charge < -0.3 is 10.7 Å². The third-order valence-electron chi connectivity index (χ3n) is 5.31. The van der Waals surface area contributed by atoms with Crippen molar-refractivity contribution in [2.45, 2.75) is 57.0 Å². The zero-order valence-electron chi connectivity index (χ0n) is 17.8. The molecule has 6 nitrogen and oxygen atoms in total. The fourth-order valence-corrected chi connectivity index (χ4v) is 4.90. The normalized spacial score (nSPS) is 17.9. The molecule has 7 heteroatoms. The lowest BCUT2D eigenvalue weighted by Crippen LogP contribution is -2.41. The van der Waals surface area contributed by atoms with E-state index >= 15 is 0 Å². The first kappa shape index (κ1) is 20.5. The maximum Gasteiger partial charge on any atom is 0.240 e. The molecule has 0 radical (unpaired) electrons. The van der Waals surface area contributed by atoms with Crippen LogP contribution in [-0.2, 0) is 17.6 Å². The number of amides is 1. The number of fused-ring (bicyclic) bond motifs is 1. The maximum absolute atomic E-state index is 13.4. The molecule has 1 aliphatic rings. The Labute approximate surface area is 181 Å². The monoisotopic (exact) mass is 421 g/mol. The second-order valence-electron chi connectivity index (χ2n) is 7.69. The fraction of sp³-hybridized carbons (Fsp3) is 0.348. The molecule has 2 N–H and O–H groups in total. The van der Waals surface area contributed by atoms with Gasteiger partial charge >= 0.3 is 0 Å². The van der Waals surface area contributed by atoms with E-state index in [1.165, 1.54) is 17.3 Å². The summed E-state index contributed by atoms with van der Waals surface area (Å²) in [5.41, 5.74) is 8.91. The largest absolute Gasteiger partial charge is 0.325 e. The van der Waals surface area contributed by atoms with Gasteiger partial charge in [-0.2, -0.15) is 0 Å². The van der Waals surface area contributed by atoms with E-state index in [0.717, 1.165) is 41.0 Å². The van der Waals surface area contributed by atoms with E-state index in [0.29, 0.717) is 5.16 Å². The topological polar surface area (TPSA) is 71.8 Å². The van der Waals surface area contributed by atoms with E-state index in [4.69, 9.17) is 0 Å². The lowest BCUT2D eigenvalue weighted by Gasteiger charge is -2.33. The summed E-state index contributed by atoms with van der Waals surface area (Å²) in [7, 11) is 0. The van der Waals surface area contributed by atoms with E-state index < -0.39 is 0 Å². The van der Waals surface area contributed by atoms with Gasteiger partial charge in [-0.3, -0.25) is 4.79 Å². The van der Waals surface area contributed by atoms with E-state index in [9.17, 15) is 4.79 Å². The van der Waals surface area contributed by atoms with Crippen LogP contribution in [0.5, 0.6) is 0 Å². The predicted octanol–water partition coefficient (Wildman–Crippen LogP) is 4.42. The number of benzene rings is 2. The van der Waals surface area contributed by atoms with Crippen LogP contribution in [0.2, 0.25) is 0 Å². The van der Waals surface area contributed by atoms with Gasteiger partial charge in [-0.15, -0.1) is 10.2 Å². The number of aromatic nitrogens is 3. The summed E-state index contributed by atoms with van der Waals surface area (Å²) in [4.78, 5) is 13.4. The van der Waals surface area contributed by atoms with Gasteiger partial charge in [0.1, 0.15) is 5.25 Å². The number of carbonyl (C=O) groups excluding carboxylic acids is 1. The smallest absolute Gasteiger partial charge is 0.240 e. The van der Waals surface area contributed by atoms with Crippen molar-refractivity contribution < 1.29 is 4.79 Å². The van der Waals surface area contributed by atoms with E-state index in [2.05, 4.69) is 58.2 Å². The van der Waals surface area contributed by atoms with Crippen molar-refractivity contribution in [3.63, 3.8) is 0 Å². The molecule has 2 unspecified atom stereocenters. The third kappa shape index (κ3) is 4.07. The van der Waals surface area contributed by atoms with Gasteiger partial charge in [0.05, 0.1) is 6.04 Å². The van der Waals surface area contributed by atoms with Crippen LogP contribution in [-0.4, -0.2) is 26.0 Å². The Bertz CT molecular complexity index is 1040.